The molecule has 3 aromatic heterocycles. The lowest BCUT2D eigenvalue weighted by atomic mass is 9.98. The van der Waals surface area contributed by atoms with Gasteiger partial charge in [0.25, 0.3) is 0 Å². The van der Waals surface area contributed by atoms with Crippen LogP contribution in [0.1, 0.15) is 34.5 Å². The number of ether oxygens (including phenoxy) is 4. The van der Waals surface area contributed by atoms with Crippen LogP contribution in [0.2, 0.25) is 0 Å². The lowest BCUT2D eigenvalue weighted by molar-refractivity contribution is 0.0321. The first-order valence-corrected chi connectivity index (χ1v) is 18.5. The van der Waals surface area contributed by atoms with E-state index >= 15 is 0 Å². The van der Waals surface area contributed by atoms with Crippen molar-refractivity contribution >= 4 is 11.6 Å². The van der Waals surface area contributed by atoms with Crippen LogP contribution in [0.15, 0.2) is 84.0 Å². The zero-order valence-corrected chi connectivity index (χ0v) is 30.8. The van der Waals surface area contributed by atoms with Gasteiger partial charge in [0.05, 0.1) is 43.7 Å². The van der Waals surface area contributed by atoms with E-state index in [0.717, 1.165) is 81.2 Å². The van der Waals surface area contributed by atoms with Gasteiger partial charge in [-0.25, -0.2) is 4.98 Å². The van der Waals surface area contributed by atoms with Crippen LogP contribution in [0.25, 0.3) is 33.5 Å². The van der Waals surface area contributed by atoms with E-state index in [1.165, 1.54) is 0 Å². The van der Waals surface area contributed by atoms with Gasteiger partial charge in [0.2, 0.25) is 0 Å². The zero-order valence-electron chi connectivity index (χ0n) is 30.8. The van der Waals surface area contributed by atoms with Gasteiger partial charge in [-0.1, -0.05) is 35.9 Å². The average Bonchev–Trinajstić information content (AvgIpc) is 3.20. The zero-order chi connectivity index (χ0) is 37.4. The first kappa shape index (κ1) is 36.9. The number of anilines is 1. The molecule has 280 valence electrons. The molecule has 0 radical (unpaired) electrons. The van der Waals surface area contributed by atoms with Crippen molar-refractivity contribution in [1.82, 2.24) is 24.6 Å². The second-order valence-corrected chi connectivity index (χ2v) is 13.9. The molecule has 0 amide bonds. The van der Waals surface area contributed by atoms with Crippen molar-refractivity contribution < 1.29 is 23.7 Å². The maximum absolute atomic E-state index is 13.8. The van der Waals surface area contributed by atoms with E-state index in [0.29, 0.717) is 58.9 Å². The third kappa shape index (κ3) is 8.84. The Morgan fingerprint density at radius 2 is 1.63 bits per heavy atom. The summed E-state index contributed by atoms with van der Waals surface area (Å²) in [5, 5.41) is 8.81. The monoisotopic (exact) mass is 730 g/mol. The Hall–Kier alpha value is -5.43. The number of carbonyl (C=O) groups excluding carboxylic acids is 1. The first-order valence-electron chi connectivity index (χ1n) is 18.5. The summed E-state index contributed by atoms with van der Waals surface area (Å²) in [5.41, 5.74) is 11.8. The van der Waals surface area contributed by atoms with Crippen molar-refractivity contribution in [2.45, 2.75) is 32.7 Å². The second kappa shape index (κ2) is 17.1. The molecule has 7 rings (SSSR count). The van der Waals surface area contributed by atoms with Gasteiger partial charge in [-0.15, -0.1) is 0 Å². The number of carbonyl (C=O) groups is 1. The molecule has 2 saturated heterocycles. The number of nitrogens with zero attached hydrogens (tertiary/aromatic N) is 5. The van der Waals surface area contributed by atoms with Crippen LogP contribution >= 0.6 is 0 Å². The minimum absolute atomic E-state index is 0.0778. The molecule has 0 saturated carbocycles. The Morgan fingerprint density at radius 3 is 2.37 bits per heavy atom. The van der Waals surface area contributed by atoms with Gasteiger partial charge in [-0.2, -0.15) is 10.2 Å². The number of aromatic nitrogens is 4. The van der Waals surface area contributed by atoms with Crippen LogP contribution in [-0.4, -0.2) is 90.2 Å². The molecule has 54 heavy (non-hydrogen) atoms. The molecule has 5 heterocycles. The van der Waals surface area contributed by atoms with E-state index in [1.54, 1.807) is 31.6 Å². The number of benzene rings is 2. The molecule has 0 bridgehead atoms. The molecule has 2 aliphatic heterocycles. The molecule has 12 heteroatoms. The molecule has 2 aromatic carbocycles. The lowest BCUT2D eigenvalue weighted by Crippen LogP contribution is -2.38. The highest BCUT2D eigenvalue weighted by Gasteiger charge is 2.21. The molecule has 0 aliphatic carbocycles. The van der Waals surface area contributed by atoms with Crippen molar-refractivity contribution in [3.8, 4) is 45.0 Å². The van der Waals surface area contributed by atoms with Crippen LogP contribution in [0.4, 0.5) is 5.82 Å². The topological polar surface area (TPSA) is 144 Å². The quantitative estimate of drug-likeness (QED) is 0.154. The molecule has 2 aliphatic rings. The third-order valence-corrected chi connectivity index (χ3v) is 10.1. The number of nitrogen functional groups attached to an aromatic ring is 1. The van der Waals surface area contributed by atoms with Crippen molar-refractivity contribution in [3.63, 3.8) is 0 Å². The molecule has 12 nitrogen and oxygen atoms in total. The number of pyridine rings is 2. The van der Waals surface area contributed by atoms with Gasteiger partial charge >= 0.3 is 0 Å². The Bertz CT molecular complexity index is 2120. The predicted molar refractivity (Wildman–Crippen MR) is 207 cm³/mol. The van der Waals surface area contributed by atoms with E-state index in [-0.39, 0.29) is 23.2 Å². The Morgan fingerprint density at radius 1 is 0.870 bits per heavy atom. The summed E-state index contributed by atoms with van der Waals surface area (Å²) in [6, 6.07) is 19.0. The number of morpholine rings is 1. The van der Waals surface area contributed by atoms with Crippen LogP contribution in [-0.2, 0) is 22.4 Å². The lowest BCUT2D eigenvalue weighted by Gasteiger charge is -2.26. The van der Waals surface area contributed by atoms with E-state index in [9.17, 15) is 9.59 Å². The number of hydrogen-bond acceptors (Lipinski definition) is 11. The SMILES string of the molecule is COc1cc(-c2cnc(N)c(-c3ccc(CC(=O)c4cn(CC5CCOCC5)cc(-c5ccc(C)cc5)c4=O)nn3)c2)ccc1OCCN1CCOCC1. The Labute approximate surface area is 314 Å². The summed E-state index contributed by atoms with van der Waals surface area (Å²) >= 11 is 0. The molecule has 2 fully saturated rings. The number of nitrogens with two attached hydrogens (primary N) is 1. The van der Waals surface area contributed by atoms with E-state index < -0.39 is 0 Å². The van der Waals surface area contributed by atoms with E-state index in [1.807, 2.05) is 66.2 Å². The molecular weight excluding hydrogens is 684 g/mol. The highest BCUT2D eigenvalue weighted by molar-refractivity contribution is 5.98. The molecule has 2 N–H and O–H groups in total. The van der Waals surface area contributed by atoms with Gasteiger partial charge in [0.1, 0.15) is 12.4 Å². The minimum Gasteiger partial charge on any atom is -0.493 e. The van der Waals surface area contributed by atoms with Crippen molar-refractivity contribution in [2.24, 2.45) is 5.92 Å². The van der Waals surface area contributed by atoms with Crippen LogP contribution < -0.4 is 20.6 Å². The maximum Gasteiger partial charge on any atom is 0.200 e. The number of methoxy groups -OCH3 is 1. The summed E-state index contributed by atoms with van der Waals surface area (Å²) < 4.78 is 24.7. The molecule has 5 aromatic rings. The largest absolute Gasteiger partial charge is 0.493 e. The summed E-state index contributed by atoms with van der Waals surface area (Å²) in [6.07, 6.45) is 7.05. The van der Waals surface area contributed by atoms with E-state index in [2.05, 4.69) is 20.1 Å². The molecular formula is C42H46N6O6. The number of Topliss-reactive ketones (excluding diaryl/α,β-unsaturated/α-hetero) is 1. The third-order valence-electron chi connectivity index (χ3n) is 10.1. The fourth-order valence-corrected chi connectivity index (χ4v) is 6.87. The summed E-state index contributed by atoms with van der Waals surface area (Å²) in [6.45, 7) is 8.79. The number of hydrogen-bond donors (Lipinski definition) is 1. The molecule has 0 spiro atoms. The minimum atomic E-state index is -0.317. The standard InChI is InChI=1S/C42H46N6O6/c1-28-3-5-30(6-4-28)35-26-48(25-29-11-16-52-17-12-29)27-36(41(35)50)38(49)23-33-8-9-37(46-45-33)34-21-32(24-44-42(34)43)31-7-10-39(40(22-31)51-2)54-20-15-47-13-18-53-19-14-47/h3-10,21-22,24,26-27,29H,11-20,23,25H2,1-2H3,(H2,43,44). The summed E-state index contributed by atoms with van der Waals surface area (Å²) in [4.78, 5) is 34.3. The second-order valence-electron chi connectivity index (χ2n) is 13.9. The summed E-state index contributed by atoms with van der Waals surface area (Å²) in [7, 11) is 1.62. The van der Waals surface area contributed by atoms with Crippen molar-refractivity contribution in [3.05, 3.63) is 106 Å². The van der Waals surface area contributed by atoms with Gasteiger partial charge in [0.15, 0.2) is 22.7 Å². The predicted octanol–water partition coefficient (Wildman–Crippen LogP) is 5.50. The Kier molecular flexibility index (Phi) is 11.7. The number of rotatable bonds is 13. The number of ketones is 1. The fraction of sp³-hybridized carbons (Fsp3) is 0.357. The number of aryl methyl sites for hydroxylation is 1. The van der Waals surface area contributed by atoms with Gasteiger partial charge in [0, 0.05) is 74.7 Å². The van der Waals surface area contributed by atoms with Crippen molar-refractivity contribution in [1.29, 1.82) is 0 Å². The first-order chi connectivity index (χ1) is 26.3. The average molecular weight is 731 g/mol. The van der Waals surface area contributed by atoms with Gasteiger partial charge in [-0.05, 0) is 67.1 Å². The highest BCUT2D eigenvalue weighted by atomic mass is 16.5. The smallest absolute Gasteiger partial charge is 0.200 e. The molecule has 0 unspecified atom stereocenters. The van der Waals surface area contributed by atoms with Crippen LogP contribution in [0.3, 0.4) is 0 Å². The highest BCUT2D eigenvalue weighted by Crippen LogP contribution is 2.35. The Balaban J connectivity index is 1.07. The van der Waals surface area contributed by atoms with Crippen molar-refractivity contribution in [2.75, 3.05) is 65.5 Å². The van der Waals surface area contributed by atoms with Gasteiger partial charge < -0.3 is 29.2 Å². The summed E-state index contributed by atoms with van der Waals surface area (Å²) in [5.74, 6) is 1.66. The normalized spacial score (nSPS) is 15.2. The fourth-order valence-electron chi connectivity index (χ4n) is 6.87. The van der Waals surface area contributed by atoms with Crippen LogP contribution in [0.5, 0.6) is 11.5 Å². The molecule has 0 atom stereocenters. The van der Waals surface area contributed by atoms with Gasteiger partial charge in [-0.3, -0.25) is 14.5 Å². The maximum atomic E-state index is 13.8. The van der Waals surface area contributed by atoms with E-state index in [4.69, 9.17) is 24.7 Å². The van der Waals surface area contributed by atoms with Crippen LogP contribution in [0, 0.1) is 12.8 Å².